The van der Waals surface area contributed by atoms with Gasteiger partial charge in [-0.05, 0) is 74.4 Å². The first-order valence-electron chi connectivity index (χ1n) is 12.2. The average molecular weight is 461 g/mol. The zero-order valence-corrected chi connectivity index (χ0v) is 20.9. The third-order valence-electron chi connectivity index (χ3n) is 6.05. The van der Waals surface area contributed by atoms with E-state index in [9.17, 15) is 9.59 Å². The van der Waals surface area contributed by atoms with Gasteiger partial charge in [-0.1, -0.05) is 57.5 Å². The highest BCUT2D eigenvalue weighted by atomic mass is 16.5. The molecule has 1 heterocycles. The zero-order chi connectivity index (χ0) is 24.7. The second-order valence-corrected chi connectivity index (χ2v) is 9.85. The highest BCUT2D eigenvalue weighted by molar-refractivity contribution is 5.89. The Bertz CT molecular complexity index is 1180. The molecule has 0 saturated heterocycles. The molecule has 2 aromatic carbocycles. The second-order valence-electron chi connectivity index (χ2n) is 9.85. The van der Waals surface area contributed by atoms with E-state index in [0.29, 0.717) is 29.7 Å². The van der Waals surface area contributed by atoms with Gasteiger partial charge in [-0.15, -0.1) is 0 Å². The van der Waals surface area contributed by atoms with Crippen LogP contribution in [0.3, 0.4) is 0 Å². The van der Waals surface area contributed by atoms with Crippen molar-refractivity contribution in [1.82, 2.24) is 0 Å². The Hall–Kier alpha value is -3.14. The van der Waals surface area contributed by atoms with Crippen molar-refractivity contribution < 1.29 is 13.9 Å². The number of fused-ring (bicyclic) bond motifs is 1. The van der Waals surface area contributed by atoms with Gasteiger partial charge in [-0.25, -0.2) is 4.79 Å². The third kappa shape index (κ3) is 6.93. The van der Waals surface area contributed by atoms with Crippen molar-refractivity contribution >= 4 is 16.8 Å². The van der Waals surface area contributed by atoms with Crippen LogP contribution in [-0.2, 0) is 11.2 Å². The maximum absolute atomic E-state index is 12.8. The monoisotopic (exact) mass is 460 g/mol. The van der Waals surface area contributed by atoms with Gasteiger partial charge >= 0.3 is 5.63 Å². The van der Waals surface area contributed by atoms with Gasteiger partial charge in [0.2, 0.25) is 0 Å². The molecule has 180 valence electrons. The van der Waals surface area contributed by atoms with Gasteiger partial charge in [0.25, 0.3) is 0 Å². The highest BCUT2D eigenvalue weighted by Crippen LogP contribution is 2.29. The minimum atomic E-state index is -0.479. The quantitative estimate of drug-likeness (QED) is 0.159. The van der Waals surface area contributed by atoms with Crippen LogP contribution >= 0.6 is 0 Å². The fraction of sp³-hybridized carbons (Fsp3) is 0.400. The van der Waals surface area contributed by atoms with E-state index in [1.54, 1.807) is 6.07 Å². The summed E-state index contributed by atoms with van der Waals surface area (Å²) in [7, 11) is 0. The summed E-state index contributed by atoms with van der Waals surface area (Å²) < 4.78 is 11.9. The minimum Gasteiger partial charge on any atom is -0.488 e. The first-order valence-corrected chi connectivity index (χ1v) is 12.2. The molecule has 3 rings (SSSR count). The molecular formula is C30H36O4. The standard InChI is InChI=1S/C30H36O4/c1-6-8-9-10-22-11-13-23(14-12-22)27-18-24-15-16-26(19-28(24)33-29(27)32)34-30(4,5)20-21(3)17-25(31)7-2/h7,11-16,18-19,21H,2,6,8-10,17,20H2,1,3-5H3. The van der Waals surface area contributed by atoms with Crippen molar-refractivity contribution in [1.29, 1.82) is 0 Å². The van der Waals surface area contributed by atoms with Gasteiger partial charge in [0.1, 0.15) is 16.9 Å². The van der Waals surface area contributed by atoms with Crippen LogP contribution in [-0.4, -0.2) is 11.4 Å². The number of rotatable bonds is 12. The fourth-order valence-electron chi connectivity index (χ4n) is 4.49. The second kappa shape index (κ2) is 11.3. The predicted octanol–water partition coefficient (Wildman–Crippen LogP) is 7.52. The van der Waals surface area contributed by atoms with Crippen LogP contribution in [0.15, 0.2) is 70.4 Å². The van der Waals surface area contributed by atoms with Crippen molar-refractivity contribution in [3.05, 3.63) is 77.2 Å². The van der Waals surface area contributed by atoms with Crippen LogP contribution in [0, 0.1) is 5.92 Å². The van der Waals surface area contributed by atoms with Crippen molar-refractivity contribution in [3.63, 3.8) is 0 Å². The summed E-state index contributed by atoms with van der Waals surface area (Å²) in [5, 5.41) is 0.844. The molecular weight excluding hydrogens is 424 g/mol. The molecule has 34 heavy (non-hydrogen) atoms. The first-order chi connectivity index (χ1) is 16.2. The molecule has 0 spiro atoms. The van der Waals surface area contributed by atoms with E-state index >= 15 is 0 Å². The Morgan fingerprint density at radius 2 is 1.85 bits per heavy atom. The lowest BCUT2D eigenvalue weighted by Crippen LogP contribution is -2.31. The summed E-state index contributed by atoms with van der Waals surface area (Å²) in [4.78, 5) is 24.4. The Morgan fingerprint density at radius 1 is 1.12 bits per heavy atom. The normalized spacial score (nSPS) is 12.5. The lowest BCUT2D eigenvalue weighted by molar-refractivity contribution is -0.115. The topological polar surface area (TPSA) is 56.5 Å². The lowest BCUT2D eigenvalue weighted by atomic mass is 9.91. The van der Waals surface area contributed by atoms with Crippen LogP contribution in [0.25, 0.3) is 22.1 Å². The number of aryl methyl sites for hydroxylation is 1. The van der Waals surface area contributed by atoms with Crippen LogP contribution in [0.5, 0.6) is 5.75 Å². The molecule has 0 aliphatic carbocycles. The largest absolute Gasteiger partial charge is 0.488 e. The van der Waals surface area contributed by atoms with Gasteiger partial charge < -0.3 is 9.15 Å². The maximum Gasteiger partial charge on any atom is 0.344 e. The Balaban J connectivity index is 1.76. The molecule has 0 saturated carbocycles. The number of ketones is 1. The summed E-state index contributed by atoms with van der Waals surface area (Å²) >= 11 is 0. The molecule has 4 nitrogen and oxygen atoms in total. The first kappa shape index (κ1) is 25.5. The molecule has 4 heteroatoms. The van der Waals surface area contributed by atoms with Crippen molar-refractivity contribution in [2.24, 2.45) is 5.92 Å². The van der Waals surface area contributed by atoms with Crippen molar-refractivity contribution in [2.75, 3.05) is 0 Å². The smallest absolute Gasteiger partial charge is 0.344 e. The number of carbonyl (C=O) groups is 1. The van der Waals surface area contributed by atoms with E-state index in [1.807, 2.05) is 51.1 Å². The van der Waals surface area contributed by atoms with Gasteiger partial charge in [0, 0.05) is 17.9 Å². The number of hydrogen-bond acceptors (Lipinski definition) is 4. The number of ether oxygens (including phenoxy) is 1. The van der Waals surface area contributed by atoms with Crippen LogP contribution < -0.4 is 10.4 Å². The minimum absolute atomic E-state index is 0.0396. The van der Waals surface area contributed by atoms with Crippen molar-refractivity contribution in [3.8, 4) is 16.9 Å². The van der Waals surface area contributed by atoms with Crippen LogP contribution in [0.1, 0.15) is 65.4 Å². The molecule has 0 aliphatic rings. The summed E-state index contributed by atoms with van der Waals surface area (Å²) in [5.41, 5.74) is 2.36. The maximum atomic E-state index is 12.8. The van der Waals surface area contributed by atoms with E-state index in [0.717, 1.165) is 17.4 Å². The van der Waals surface area contributed by atoms with Gasteiger partial charge in [-0.2, -0.15) is 0 Å². The molecule has 1 atom stereocenters. The molecule has 0 N–H and O–H groups in total. The number of carbonyl (C=O) groups excluding carboxylic acids is 1. The number of allylic oxidation sites excluding steroid dienone is 1. The van der Waals surface area contributed by atoms with Crippen LogP contribution in [0.4, 0.5) is 0 Å². The van der Waals surface area contributed by atoms with Gasteiger partial charge in [0.15, 0.2) is 5.78 Å². The summed E-state index contributed by atoms with van der Waals surface area (Å²) in [6.07, 6.45) is 7.20. The zero-order valence-electron chi connectivity index (χ0n) is 20.9. The number of hydrogen-bond donors (Lipinski definition) is 0. The summed E-state index contributed by atoms with van der Waals surface area (Å²) in [6, 6.07) is 15.6. The average Bonchev–Trinajstić information content (AvgIpc) is 2.78. The molecule has 1 aromatic heterocycles. The molecule has 1 unspecified atom stereocenters. The van der Waals surface area contributed by atoms with E-state index in [-0.39, 0.29) is 17.3 Å². The molecule has 0 radical (unpaired) electrons. The van der Waals surface area contributed by atoms with Crippen molar-refractivity contribution in [2.45, 2.75) is 71.8 Å². The van der Waals surface area contributed by atoms with Gasteiger partial charge in [0.05, 0.1) is 5.56 Å². The highest BCUT2D eigenvalue weighted by Gasteiger charge is 2.24. The fourth-order valence-corrected chi connectivity index (χ4v) is 4.49. The predicted molar refractivity (Wildman–Crippen MR) is 139 cm³/mol. The molecule has 3 aromatic rings. The molecule has 0 aliphatic heterocycles. The Labute approximate surface area is 202 Å². The van der Waals surface area contributed by atoms with Gasteiger partial charge in [-0.3, -0.25) is 4.79 Å². The van der Waals surface area contributed by atoms with E-state index < -0.39 is 5.60 Å². The number of unbranched alkanes of at least 4 members (excludes halogenated alkanes) is 2. The Kier molecular flexibility index (Phi) is 8.49. The molecule has 0 fully saturated rings. The third-order valence-corrected chi connectivity index (χ3v) is 6.05. The summed E-state index contributed by atoms with van der Waals surface area (Å²) in [5.74, 6) is 0.837. The van der Waals surface area contributed by atoms with E-state index in [2.05, 4.69) is 25.6 Å². The lowest BCUT2D eigenvalue weighted by Gasteiger charge is -2.29. The van der Waals surface area contributed by atoms with Crippen LogP contribution in [0.2, 0.25) is 0 Å². The van der Waals surface area contributed by atoms with E-state index in [4.69, 9.17) is 9.15 Å². The Morgan fingerprint density at radius 3 is 2.53 bits per heavy atom. The molecule has 0 amide bonds. The number of benzene rings is 2. The van der Waals surface area contributed by atoms with E-state index in [1.165, 1.54) is 30.9 Å². The SMILES string of the molecule is C=CC(=O)CC(C)CC(C)(C)Oc1ccc2cc(-c3ccc(CCCCC)cc3)c(=O)oc2c1. The molecule has 0 bridgehead atoms. The summed E-state index contributed by atoms with van der Waals surface area (Å²) in [6.45, 7) is 11.8.